The van der Waals surface area contributed by atoms with Crippen molar-refractivity contribution in [1.29, 1.82) is 0 Å². The minimum Gasteiger partial charge on any atom is -0.372 e. The van der Waals surface area contributed by atoms with Crippen molar-refractivity contribution in [3.05, 3.63) is 113 Å². The molecule has 2 aliphatic rings. The van der Waals surface area contributed by atoms with Gasteiger partial charge in [-0.3, -0.25) is 0 Å². The van der Waals surface area contributed by atoms with Crippen molar-refractivity contribution >= 4 is 33.9 Å². The Hall–Kier alpha value is -3.65. The molecule has 6 rings (SSSR count). The van der Waals surface area contributed by atoms with Gasteiger partial charge in [0.05, 0.1) is 5.41 Å². The maximum atomic E-state index is 2.69. The zero-order chi connectivity index (χ0) is 30.5. The van der Waals surface area contributed by atoms with Crippen molar-refractivity contribution in [2.24, 2.45) is 5.92 Å². The fourth-order valence-corrected chi connectivity index (χ4v) is 8.11. The lowest BCUT2D eigenvalue weighted by Crippen LogP contribution is -2.34. The maximum Gasteiger partial charge on any atom is 0.210 e. The van der Waals surface area contributed by atoms with Crippen LogP contribution < -0.4 is 4.90 Å². The van der Waals surface area contributed by atoms with E-state index in [4.69, 9.17) is 0 Å². The van der Waals surface area contributed by atoms with E-state index in [2.05, 4.69) is 134 Å². The van der Waals surface area contributed by atoms with Gasteiger partial charge < -0.3 is 4.90 Å². The van der Waals surface area contributed by atoms with Crippen LogP contribution in [-0.2, 0) is 11.8 Å². The lowest BCUT2D eigenvalue weighted by atomic mass is 9.73. The second kappa shape index (κ2) is 13.6. The largest absolute Gasteiger partial charge is 0.372 e. The van der Waals surface area contributed by atoms with Crippen molar-refractivity contribution in [1.82, 2.24) is 0 Å². The van der Waals surface area contributed by atoms with E-state index in [0.717, 1.165) is 32.0 Å². The summed E-state index contributed by atoms with van der Waals surface area (Å²) in [5.41, 5.74) is 9.47. The minimum absolute atomic E-state index is 0.146. The van der Waals surface area contributed by atoms with Crippen molar-refractivity contribution in [3.63, 3.8) is 0 Å². The van der Waals surface area contributed by atoms with Gasteiger partial charge in [-0.1, -0.05) is 98.3 Å². The quantitative estimate of drug-likeness (QED) is 0.119. The van der Waals surface area contributed by atoms with E-state index < -0.39 is 0 Å². The predicted octanol–water partition coefficient (Wildman–Crippen LogP) is 10.7. The molecular weight excluding hydrogens is 532 g/mol. The lowest BCUT2D eigenvalue weighted by Gasteiger charge is -2.24. The van der Waals surface area contributed by atoms with Gasteiger partial charge >= 0.3 is 0 Å². The molecule has 1 saturated carbocycles. The average Bonchev–Trinajstić information content (AvgIpc) is 3.64. The van der Waals surface area contributed by atoms with Crippen LogP contribution >= 0.6 is 0 Å². The standard InChI is InChI=1S/C42H51N2/c1-5-43(6-2)37-25-21-34(22-26-37)23-28-40-42(4,31-35-18-13-14-32(3)30-35)41-38-20-10-9-19-36(38)24-27-39(41)44(40)29-12-11-17-33-15-7-8-16-33/h9-10,13-14,18-28,30,33H,5-8,11-12,15-17,29,31H2,1-4H3/q+1. The number of nitrogens with zero attached hydrogens (tertiary/aromatic N) is 2. The summed E-state index contributed by atoms with van der Waals surface area (Å²) in [6.45, 7) is 12.3. The molecule has 0 spiro atoms. The van der Waals surface area contributed by atoms with Crippen molar-refractivity contribution in [3.8, 4) is 0 Å². The first-order valence-corrected chi connectivity index (χ1v) is 17.3. The molecule has 2 nitrogen and oxygen atoms in total. The third-order valence-corrected chi connectivity index (χ3v) is 10.4. The summed E-state index contributed by atoms with van der Waals surface area (Å²) in [6, 6.07) is 32.0. The Morgan fingerprint density at radius 3 is 2.36 bits per heavy atom. The minimum atomic E-state index is -0.146. The Balaban J connectivity index is 1.42. The SMILES string of the molecule is CCN(CC)c1ccc(C=CC2=[N+](CCCCC3CCCC3)c3ccc4ccccc4c3C2(C)Cc2cccc(C)c2)cc1. The van der Waals surface area contributed by atoms with E-state index in [-0.39, 0.29) is 5.41 Å². The van der Waals surface area contributed by atoms with Crippen LogP contribution in [0.1, 0.15) is 88.0 Å². The normalized spacial score (nSPS) is 18.5. The summed E-state index contributed by atoms with van der Waals surface area (Å²) in [4.78, 5) is 2.41. The molecule has 1 heterocycles. The molecular formula is C42H51N2+. The number of rotatable bonds is 12. The lowest BCUT2D eigenvalue weighted by molar-refractivity contribution is -0.438. The molecule has 1 atom stereocenters. The van der Waals surface area contributed by atoms with E-state index in [1.54, 1.807) is 0 Å². The third-order valence-electron chi connectivity index (χ3n) is 10.4. The molecule has 0 aromatic heterocycles. The first kappa shape index (κ1) is 30.4. The molecule has 0 radical (unpaired) electrons. The van der Waals surface area contributed by atoms with Crippen LogP contribution in [0.3, 0.4) is 0 Å². The second-order valence-electron chi connectivity index (χ2n) is 13.5. The van der Waals surface area contributed by atoms with Crippen LogP contribution in [-0.4, -0.2) is 29.9 Å². The third kappa shape index (κ3) is 6.27. The summed E-state index contributed by atoms with van der Waals surface area (Å²) in [5.74, 6) is 0.957. The molecule has 0 saturated heterocycles. The predicted molar refractivity (Wildman–Crippen MR) is 191 cm³/mol. The monoisotopic (exact) mass is 583 g/mol. The molecule has 1 aliphatic heterocycles. The average molecular weight is 584 g/mol. The molecule has 4 aromatic rings. The highest BCUT2D eigenvalue weighted by Gasteiger charge is 2.48. The molecule has 0 N–H and O–H groups in total. The van der Waals surface area contributed by atoms with E-state index in [1.807, 2.05) is 0 Å². The van der Waals surface area contributed by atoms with E-state index in [0.29, 0.717) is 0 Å². The highest BCUT2D eigenvalue weighted by Crippen LogP contribution is 2.46. The van der Waals surface area contributed by atoms with Crippen molar-refractivity contribution < 1.29 is 4.58 Å². The zero-order valence-electron chi connectivity index (χ0n) is 27.5. The van der Waals surface area contributed by atoms with Gasteiger partial charge in [-0.2, -0.15) is 4.58 Å². The van der Waals surface area contributed by atoms with Crippen LogP contribution in [0.4, 0.5) is 11.4 Å². The van der Waals surface area contributed by atoms with Crippen LogP contribution in [0.15, 0.2) is 91.0 Å². The Labute approximate surface area is 266 Å². The highest BCUT2D eigenvalue weighted by molar-refractivity contribution is 6.09. The molecule has 1 unspecified atom stereocenters. The molecule has 1 fully saturated rings. The van der Waals surface area contributed by atoms with Gasteiger partial charge in [0.1, 0.15) is 6.54 Å². The molecule has 4 aromatic carbocycles. The molecule has 0 bridgehead atoms. The number of hydrogen-bond acceptors (Lipinski definition) is 1. The summed E-state index contributed by atoms with van der Waals surface area (Å²) >= 11 is 0. The van der Waals surface area contributed by atoms with Crippen LogP contribution in [0.5, 0.6) is 0 Å². The number of aryl methyl sites for hydroxylation is 1. The van der Waals surface area contributed by atoms with Crippen LogP contribution in [0, 0.1) is 12.8 Å². The van der Waals surface area contributed by atoms with Gasteiger partial charge in [0.15, 0.2) is 5.71 Å². The van der Waals surface area contributed by atoms with Gasteiger partial charge in [-0.15, -0.1) is 0 Å². The van der Waals surface area contributed by atoms with Crippen LogP contribution in [0.2, 0.25) is 0 Å². The van der Waals surface area contributed by atoms with Crippen molar-refractivity contribution in [2.75, 3.05) is 24.5 Å². The van der Waals surface area contributed by atoms with Crippen molar-refractivity contribution in [2.45, 2.75) is 84.5 Å². The van der Waals surface area contributed by atoms with Gasteiger partial charge in [0.25, 0.3) is 0 Å². The van der Waals surface area contributed by atoms with Crippen LogP contribution in [0.25, 0.3) is 16.8 Å². The van der Waals surface area contributed by atoms with E-state index in [9.17, 15) is 0 Å². The smallest absolute Gasteiger partial charge is 0.210 e. The second-order valence-corrected chi connectivity index (χ2v) is 13.5. The van der Waals surface area contributed by atoms with Gasteiger partial charge in [-0.05, 0) is 92.6 Å². The molecule has 44 heavy (non-hydrogen) atoms. The number of anilines is 1. The first-order valence-electron chi connectivity index (χ1n) is 17.3. The van der Waals surface area contributed by atoms with E-state index >= 15 is 0 Å². The Kier molecular flexibility index (Phi) is 9.36. The zero-order valence-corrected chi connectivity index (χ0v) is 27.5. The number of fused-ring (bicyclic) bond motifs is 3. The molecule has 0 amide bonds. The summed E-state index contributed by atoms with van der Waals surface area (Å²) in [6.07, 6.45) is 15.5. The molecule has 2 heteroatoms. The number of unbranched alkanes of at least 4 members (excludes halogenated alkanes) is 1. The number of hydrogen-bond donors (Lipinski definition) is 0. The molecule has 1 aliphatic carbocycles. The summed E-state index contributed by atoms with van der Waals surface area (Å²) in [5, 5.41) is 2.73. The maximum absolute atomic E-state index is 2.69. The Bertz CT molecular complexity index is 1630. The number of allylic oxidation sites excluding steroid dienone is 1. The first-order chi connectivity index (χ1) is 21.5. The topological polar surface area (TPSA) is 6.25 Å². The van der Waals surface area contributed by atoms with Gasteiger partial charge in [-0.25, -0.2) is 0 Å². The summed E-state index contributed by atoms with van der Waals surface area (Å²) in [7, 11) is 0. The Morgan fingerprint density at radius 1 is 0.841 bits per heavy atom. The van der Waals surface area contributed by atoms with Gasteiger partial charge in [0, 0.05) is 42.9 Å². The van der Waals surface area contributed by atoms with E-state index in [1.165, 1.54) is 95.1 Å². The molecule has 228 valence electrons. The number of benzene rings is 4. The van der Waals surface area contributed by atoms with Gasteiger partial charge in [0.2, 0.25) is 5.69 Å². The fourth-order valence-electron chi connectivity index (χ4n) is 8.11. The highest BCUT2D eigenvalue weighted by atomic mass is 15.1. The Morgan fingerprint density at radius 2 is 1.61 bits per heavy atom. The summed E-state index contributed by atoms with van der Waals surface area (Å²) < 4.78 is 2.69. The fraction of sp³-hybridized carbons (Fsp3) is 0.405.